The van der Waals surface area contributed by atoms with Crippen molar-refractivity contribution >= 4 is 29.0 Å². The normalized spacial score (nSPS) is 11.2. The highest BCUT2D eigenvalue weighted by molar-refractivity contribution is 7.87. The molecule has 0 spiro atoms. The van der Waals surface area contributed by atoms with E-state index in [2.05, 4.69) is 41.4 Å². The fourth-order valence-corrected chi connectivity index (χ4v) is 7.37. The van der Waals surface area contributed by atoms with Crippen molar-refractivity contribution < 1.29 is 4.42 Å². The van der Waals surface area contributed by atoms with Crippen LogP contribution in [0.25, 0.3) is 11.3 Å². The van der Waals surface area contributed by atoms with Gasteiger partial charge >= 0.3 is 6.01 Å². The van der Waals surface area contributed by atoms with Crippen LogP contribution in [0.5, 0.6) is 0 Å². The minimum absolute atomic E-state index is 0.0768. The molecule has 0 amide bonds. The van der Waals surface area contributed by atoms with Crippen LogP contribution in [0.15, 0.2) is 135 Å². The lowest BCUT2D eigenvalue weighted by Crippen LogP contribution is -2.25. The molecule has 0 aliphatic heterocycles. The molecule has 0 aliphatic carbocycles. The van der Waals surface area contributed by atoms with Gasteiger partial charge in [0.1, 0.15) is 5.76 Å². The number of rotatable bonds is 5. The molecule has 0 bridgehead atoms. The fourth-order valence-electron chi connectivity index (χ4n) is 3.97. The van der Waals surface area contributed by atoms with Gasteiger partial charge in [-0.1, -0.05) is 121 Å². The Morgan fingerprint density at radius 3 is 1.62 bits per heavy atom. The van der Waals surface area contributed by atoms with E-state index >= 15 is 0 Å². The van der Waals surface area contributed by atoms with E-state index in [0.29, 0.717) is 5.76 Å². The van der Waals surface area contributed by atoms with E-state index < -0.39 is 7.05 Å². The van der Waals surface area contributed by atoms with Crippen LogP contribution in [-0.2, 0) is 0 Å². The quantitative estimate of drug-likeness (QED) is 0.309. The molecule has 0 aliphatic rings. The molecule has 0 radical (unpaired) electrons. The van der Waals surface area contributed by atoms with Gasteiger partial charge in [-0.2, -0.15) is 4.98 Å². The first-order valence-electron chi connectivity index (χ1n) is 11.0. The fraction of sp³-hybridized carbons (Fsp3) is 0.0345. The van der Waals surface area contributed by atoms with Crippen LogP contribution in [0.2, 0.25) is 0 Å². The number of benzene rings is 4. The molecule has 5 aromatic rings. The third-order valence-electron chi connectivity index (χ3n) is 5.62. The van der Waals surface area contributed by atoms with Crippen molar-refractivity contribution in [1.82, 2.24) is 4.98 Å². The van der Waals surface area contributed by atoms with Crippen LogP contribution in [0.1, 0.15) is 5.56 Å². The van der Waals surface area contributed by atoms with Crippen LogP contribution < -0.4 is 21.5 Å². The maximum absolute atomic E-state index is 12.6. The number of nitrogens with zero attached hydrogens (tertiary/aromatic N) is 2. The Balaban J connectivity index is 1.84. The van der Waals surface area contributed by atoms with E-state index in [0.717, 1.165) is 27.0 Å². The summed E-state index contributed by atoms with van der Waals surface area (Å²) in [5.74, 6) is 0.450. The molecular formula is C29H23N2O2P. The molecule has 5 rings (SSSR count). The number of aryl methyl sites for hydroxylation is 1. The summed E-state index contributed by atoms with van der Waals surface area (Å²) in [5.41, 5.74) is 1.56. The molecule has 4 nitrogen and oxygen atoms in total. The average molecular weight is 462 g/mol. The maximum atomic E-state index is 12.6. The highest BCUT2D eigenvalue weighted by Gasteiger charge is 2.28. The molecule has 0 saturated carbocycles. The van der Waals surface area contributed by atoms with E-state index in [1.807, 2.05) is 85.8 Å². The molecule has 0 unspecified atom stereocenters. The molecule has 0 saturated heterocycles. The molecule has 4 aromatic carbocycles. The van der Waals surface area contributed by atoms with Crippen LogP contribution in [0.4, 0.5) is 6.01 Å². The highest BCUT2D eigenvalue weighted by atomic mass is 31.2. The second-order valence-corrected chi connectivity index (χ2v) is 11.0. The Morgan fingerprint density at radius 2 is 1.15 bits per heavy atom. The first kappa shape index (κ1) is 21.8. The maximum Gasteiger partial charge on any atom is 0.325 e. The molecule has 1 aromatic heterocycles. The molecule has 0 atom stereocenters. The second kappa shape index (κ2) is 9.46. The summed E-state index contributed by atoms with van der Waals surface area (Å²) in [6, 6.07) is 39.9. The van der Waals surface area contributed by atoms with E-state index in [9.17, 15) is 4.79 Å². The third kappa shape index (κ3) is 4.28. The zero-order chi connectivity index (χ0) is 23.4. The lowest BCUT2D eigenvalue weighted by Gasteiger charge is -2.26. The summed E-state index contributed by atoms with van der Waals surface area (Å²) in [6.45, 7) is 2.02. The number of hydrogen-bond donors (Lipinski definition) is 0. The summed E-state index contributed by atoms with van der Waals surface area (Å²) in [4.78, 5) is 16.8. The standard InChI is InChI=1S/C29H23N2O2P/c1-22-17-19-23(20-18-22)27-21-28(32)30-29(33-27)31-34(24-11-5-2-6-12-24,25-13-7-3-8-14-25)26-15-9-4-10-16-26/h2-21H,1H3. The van der Waals surface area contributed by atoms with Crippen molar-refractivity contribution in [3.8, 4) is 11.3 Å². The van der Waals surface area contributed by atoms with Crippen molar-refractivity contribution in [2.45, 2.75) is 6.92 Å². The summed E-state index contributed by atoms with van der Waals surface area (Å²) >= 11 is 0. The smallest absolute Gasteiger partial charge is 0.325 e. The lowest BCUT2D eigenvalue weighted by molar-refractivity contribution is 0.554. The van der Waals surface area contributed by atoms with Crippen molar-refractivity contribution in [3.63, 3.8) is 0 Å². The zero-order valence-electron chi connectivity index (χ0n) is 18.7. The molecule has 0 N–H and O–H groups in total. The van der Waals surface area contributed by atoms with Gasteiger partial charge in [-0.25, -0.2) is 4.74 Å². The Labute approximate surface area is 198 Å². The number of hydrogen-bond acceptors (Lipinski definition) is 4. The van der Waals surface area contributed by atoms with Crippen molar-refractivity contribution in [2.24, 2.45) is 4.74 Å². The summed E-state index contributed by atoms with van der Waals surface area (Å²) in [6.07, 6.45) is 0. The van der Waals surface area contributed by atoms with Gasteiger partial charge in [0.25, 0.3) is 5.56 Å². The zero-order valence-corrected chi connectivity index (χ0v) is 19.6. The Hall–Kier alpha value is -4.01. The first-order valence-corrected chi connectivity index (χ1v) is 12.8. The van der Waals surface area contributed by atoms with Gasteiger partial charge in [0.05, 0.1) is 7.05 Å². The molecule has 0 fully saturated rings. The summed E-state index contributed by atoms with van der Waals surface area (Å²) < 4.78 is 11.4. The average Bonchev–Trinajstić information content (AvgIpc) is 2.89. The monoisotopic (exact) mass is 462 g/mol. The van der Waals surface area contributed by atoms with Gasteiger partial charge in [-0.15, -0.1) is 0 Å². The minimum Gasteiger partial charge on any atom is -0.423 e. The van der Waals surface area contributed by atoms with Crippen molar-refractivity contribution in [2.75, 3.05) is 0 Å². The summed E-state index contributed by atoms with van der Waals surface area (Å²) in [7, 11) is -2.58. The van der Waals surface area contributed by atoms with E-state index in [1.54, 1.807) is 0 Å². The molecule has 5 heteroatoms. The second-order valence-electron chi connectivity index (χ2n) is 7.95. The first-order chi connectivity index (χ1) is 16.6. The van der Waals surface area contributed by atoms with Crippen LogP contribution in [-0.4, -0.2) is 4.98 Å². The predicted octanol–water partition coefficient (Wildman–Crippen LogP) is 5.82. The minimum atomic E-state index is -2.58. The van der Waals surface area contributed by atoms with Gasteiger partial charge in [0.2, 0.25) is 0 Å². The predicted molar refractivity (Wildman–Crippen MR) is 140 cm³/mol. The van der Waals surface area contributed by atoms with Crippen LogP contribution in [0.3, 0.4) is 0 Å². The van der Waals surface area contributed by atoms with Crippen LogP contribution >= 0.6 is 7.05 Å². The topological polar surface area (TPSA) is 55.5 Å². The Kier molecular flexibility index (Phi) is 6.07. The molecular weight excluding hydrogens is 439 g/mol. The van der Waals surface area contributed by atoms with Gasteiger partial charge in [0.15, 0.2) is 0 Å². The SMILES string of the molecule is Cc1ccc(-c2cc(=O)nc(N=P(c3ccccc3)(c3ccccc3)c3ccccc3)o2)cc1. The van der Waals surface area contributed by atoms with E-state index in [-0.39, 0.29) is 11.6 Å². The van der Waals surface area contributed by atoms with Gasteiger partial charge in [0, 0.05) is 27.5 Å². The molecule has 166 valence electrons. The van der Waals surface area contributed by atoms with Crippen molar-refractivity contribution in [1.29, 1.82) is 0 Å². The largest absolute Gasteiger partial charge is 0.423 e. The Bertz CT molecular complexity index is 1410. The van der Waals surface area contributed by atoms with E-state index in [4.69, 9.17) is 9.16 Å². The molecule has 34 heavy (non-hydrogen) atoms. The summed E-state index contributed by atoms with van der Waals surface area (Å²) in [5, 5.41) is 3.16. The Morgan fingerprint density at radius 1 is 0.676 bits per heavy atom. The highest BCUT2D eigenvalue weighted by Crippen LogP contribution is 2.48. The van der Waals surface area contributed by atoms with Gasteiger partial charge < -0.3 is 4.42 Å². The van der Waals surface area contributed by atoms with E-state index in [1.165, 1.54) is 6.07 Å². The van der Waals surface area contributed by atoms with Crippen LogP contribution in [0, 0.1) is 6.92 Å². The third-order valence-corrected chi connectivity index (χ3v) is 9.23. The van der Waals surface area contributed by atoms with Gasteiger partial charge in [-0.05, 0) is 6.92 Å². The van der Waals surface area contributed by atoms with Gasteiger partial charge in [-0.3, -0.25) is 4.79 Å². The number of aromatic nitrogens is 1. The molecule has 1 heterocycles. The lowest BCUT2D eigenvalue weighted by atomic mass is 10.1. The van der Waals surface area contributed by atoms with Crippen molar-refractivity contribution in [3.05, 3.63) is 137 Å².